The maximum atomic E-state index is 6.56. The van der Waals surface area contributed by atoms with Crippen molar-refractivity contribution in [3.63, 3.8) is 0 Å². The third-order valence-corrected chi connectivity index (χ3v) is 11.1. The molecule has 0 saturated carbocycles. The van der Waals surface area contributed by atoms with Gasteiger partial charge in [-0.3, -0.25) is 4.57 Å². The Bertz CT molecular complexity index is 3530. The van der Waals surface area contributed by atoms with Crippen molar-refractivity contribution in [3.05, 3.63) is 182 Å². The zero-order chi connectivity index (χ0) is 37.5. The Morgan fingerprint density at radius 2 is 0.947 bits per heavy atom. The van der Waals surface area contributed by atoms with Gasteiger partial charge in [0, 0.05) is 43.4 Å². The normalized spacial score (nSPS) is 11.9. The van der Waals surface area contributed by atoms with Crippen molar-refractivity contribution >= 4 is 65.7 Å². The van der Waals surface area contributed by atoms with Gasteiger partial charge in [0.15, 0.2) is 11.6 Å². The summed E-state index contributed by atoms with van der Waals surface area (Å²) in [5, 5.41) is 6.47. The maximum absolute atomic E-state index is 6.56. The number of hydrogen-bond acceptors (Lipinski definition) is 5. The van der Waals surface area contributed by atoms with Gasteiger partial charge < -0.3 is 8.83 Å². The van der Waals surface area contributed by atoms with Crippen LogP contribution in [0.3, 0.4) is 0 Å². The molecule has 0 atom stereocenters. The number of benzene rings is 8. The summed E-state index contributed by atoms with van der Waals surface area (Å²) < 4.78 is 15.1. The molecule has 0 fully saturated rings. The van der Waals surface area contributed by atoms with E-state index in [9.17, 15) is 0 Å². The summed E-state index contributed by atoms with van der Waals surface area (Å²) >= 11 is 0. The van der Waals surface area contributed by atoms with E-state index in [1.165, 1.54) is 0 Å². The fourth-order valence-electron chi connectivity index (χ4n) is 8.50. The molecule has 0 aliphatic rings. The van der Waals surface area contributed by atoms with Gasteiger partial charge in [-0.15, -0.1) is 0 Å². The molecule has 0 unspecified atom stereocenters. The van der Waals surface area contributed by atoms with Gasteiger partial charge in [0.2, 0.25) is 5.95 Å². The van der Waals surface area contributed by atoms with E-state index in [1.54, 1.807) is 0 Å². The van der Waals surface area contributed by atoms with Gasteiger partial charge >= 0.3 is 0 Å². The minimum absolute atomic E-state index is 0.523. The third-order valence-electron chi connectivity index (χ3n) is 11.1. The fraction of sp³-hybridized carbons (Fsp3) is 0. The van der Waals surface area contributed by atoms with Crippen LogP contribution in [0.25, 0.3) is 117 Å². The van der Waals surface area contributed by atoms with E-state index in [2.05, 4.69) is 150 Å². The summed E-state index contributed by atoms with van der Waals surface area (Å²) in [7, 11) is 0. The van der Waals surface area contributed by atoms with E-state index in [0.717, 1.165) is 99.1 Å². The molecule has 6 heteroatoms. The van der Waals surface area contributed by atoms with E-state index in [0.29, 0.717) is 17.6 Å². The van der Waals surface area contributed by atoms with Crippen LogP contribution in [-0.4, -0.2) is 19.5 Å². The molecular weight excluding hydrogens is 701 g/mol. The molecule has 0 spiro atoms. The average molecular weight is 731 g/mol. The highest BCUT2D eigenvalue weighted by atomic mass is 16.3. The zero-order valence-electron chi connectivity index (χ0n) is 30.4. The molecule has 4 aromatic heterocycles. The van der Waals surface area contributed by atoms with Crippen LogP contribution in [0.2, 0.25) is 0 Å². The zero-order valence-corrected chi connectivity index (χ0v) is 30.4. The molecule has 0 aliphatic heterocycles. The van der Waals surface area contributed by atoms with E-state index in [4.69, 9.17) is 23.8 Å². The lowest BCUT2D eigenvalue weighted by atomic mass is 9.99. The minimum atomic E-state index is 0.523. The Morgan fingerprint density at radius 1 is 0.333 bits per heavy atom. The molecule has 0 radical (unpaired) electrons. The lowest BCUT2D eigenvalue weighted by Gasteiger charge is -2.12. The van der Waals surface area contributed by atoms with Crippen molar-refractivity contribution in [2.24, 2.45) is 0 Å². The number of rotatable bonds is 5. The van der Waals surface area contributed by atoms with Crippen LogP contribution in [0.1, 0.15) is 0 Å². The number of para-hydroxylation sites is 2. The van der Waals surface area contributed by atoms with Gasteiger partial charge in [0.05, 0.1) is 11.0 Å². The van der Waals surface area contributed by atoms with Crippen LogP contribution in [0, 0.1) is 0 Å². The molecular formula is C51H30N4O2. The van der Waals surface area contributed by atoms with Crippen molar-refractivity contribution in [3.8, 4) is 51.0 Å². The summed E-state index contributed by atoms with van der Waals surface area (Å²) in [4.78, 5) is 15.8. The standard InChI is InChI=1S/C51H30N4O2/c1-3-13-31(14-4-1)33-17-11-18-34(29-33)49-52-50(35-25-26-39-45(30-35)57-43-24-12-21-36(46(39)43)32-15-5-2-6-16-32)54-51(53-49)55-40-22-9-7-19-37(40)47-41(55)27-28-44-48(47)38-20-8-10-23-42(38)56-44/h1-30H. The predicted molar refractivity (Wildman–Crippen MR) is 230 cm³/mol. The first-order chi connectivity index (χ1) is 28.2. The predicted octanol–water partition coefficient (Wildman–Crippen LogP) is 13.4. The summed E-state index contributed by atoms with van der Waals surface area (Å²) in [5.41, 5.74) is 11.5. The molecule has 57 heavy (non-hydrogen) atoms. The Labute approximate surface area is 325 Å². The van der Waals surface area contributed by atoms with Gasteiger partial charge in [-0.1, -0.05) is 133 Å². The molecule has 6 nitrogen and oxygen atoms in total. The number of aromatic nitrogens is 4. The Balaban J connectivity index is 1.11. The Morgan fingerprint density at radius 3 is 1.79 bits per heavy atom. The van der Waals surface area contributed by atoms with Crippen LogP contribution in [0.4, 0.5) is 0 Å². The monoisotopic (exact) mass is 730 g/mol. The first-order valence-corrected chi connectivity index (χ1v) is 19.0. The van der Waals surface area contributed by atoms with Gasteiger partial charge in [0.25, 0.3) is 0 Å². The van der Waals surface area contributed by atoms with Crippen LogP contribution < -0.4 is 0 Å². The smallest absolute Gasteiger partial charge is 0.238 e. The highest BCUT2D eigenvalue weighted by Gasteiger charge is 2.22. The lowest BCUT2D eigenvalue weighted by Crippen LogP contribution is -2.06. The van der Waals surface area contributed by atoms with Gasteiger partial charge in [-0.05, 0) is 70.8 Å². The second kappa shape index (κ2) is 12.3. The SMILES string of the molecule is c1ccc(-c2cccc(-c3nc(-c4ccc5c(c4)oc4cccc(-c6ccccc6)c45)nc(-n4c5ccccc5c5c6c(ccc54)oc4ccccc46)n3)c2)cc1. The first kappa shape index (κ1) is 31.5. The van der Waals surface area contributed by atoms with Gasteiger partial charge in [0.1, 0.15) is 22.3 Å². The van der Waals surface area contributed by atoms with Crippen molar-refractivity contribution in [1.82, 2.24) is 19.5 Å². The lowest BCUT2D eigenvalue weighted by molar-refractivity contribution is 0.669. The fourth-order valence-corrected chi connectivity index (χ4v) is 8.50. The molecule has 12 aromatic rings. The number of fused-ring (bicyclic) bond motifs is 10. The van der Waals surface area contributed by atoms with E-state index in [1.807, 2.05) is 36.4 Å². The van der Waals surface area contributed by atoms with Crippen LogP contribution in [0.15, 0.2) is 191 Å². The molecule has 0 aliphatic carbocycles. The van der Waals surface area contributed by atoms with Crippen molar-refractivity contribution < 1.29 is 8.83 Å². The van der Waals surface area contributed by atoms with Gasteiger partial charge in [-0.25, -0.2) is 4.98 Å². The molecule has 0 amide bonds. The molecule has 0 N–H and O–H groups in total. The van der Waals surface area contributed by atoms with E-state index >= 15 is 0 Å². The van der Waals surface area contributed by atoms with E-state index in [-0.39, 0.29) is 0 Å². The average Bonchev–Trinajstić information content (AvgIpc) is 3.96. The number of furan rings is 2. The molecule has 266 valence electrons. The highest BCUT2D eigenvalue weighted by molar-refractivity contribution is 6.27. The first-order valence-electron chi connectivity index (χ1n) is 19.0. The molecule has 0 saturated heterocycles. The summed E-state index contributed by atoms with van der Waals surface area (Å²) in [6.45, 7) is 0. The largest absolute Gasteiger partial charge is 0.456 e. The second-order valence-corrected chi connectivity index (χ2v) is 14.4. The van der Waals surface area contributed by atoms with Crippen molar-refractivity contribution in [2.75, 3.05) is 0 Å². The van der Waals surface area contributed by atoms with Gasteiger partial charge in [-0.2, -0.15) is 9.97 Å². The maximum Gasteiger partial charge on any atom is 0.238 e. The summed E-state index contributed by atoms with van der Waals surface area (Å²) in [6.07, 6.45) is 0. The van der Waals surface area contributed by atoms with Crippen molar-refractivity contribution in [1.29, 1.82) is 0 Å². The molecule has 4 heterocycles. The van der Waals surface area contributed by atoms with E-state index < -0.39 is 0 Å². The van der Waals surface area contributed by atoms with Crippen LogP contribution >= 0.6 is 0 Å². The number of hydrogen-bond donors (Lipinski definition) is 0. The second-order valence-electron chi connectivity index (χ2n) is 14.4. The molecule has 0 bridgehead atoms. The third kappa shape index (κ3) is 4.94. The molecule has 8 aromatic carbocycles. The number of nitrogens with zero attached hydrogens (tertiary/aromatic N) is 4. The topological polar surface area (TPSA) is 69.9 Å². The summed E-state index contributed by atoms with van der Waals surface area (Å²) in [6, 6.07) is 62.6. The highest BCUT2D eigenvalue weighted by Crippen LogP contribution is 2.42. The quantitative estimate of drug-likeness (QED) is 0.176. The Kier molecular flexibility index (Phi) is 6.83. The van der Waals surface area contributed by atoms with Crippen LogP contribution in [-0.2, 0) is 0 Å². The van der Waals surface area contributed by atoms with Crippen molar-refractivity contribution in [2.45, 2.75) is 0 Å². The summed E-state index contributed by atoms with van der Waals surface area (Å²) in [5.74, 6) is 1.64. The Hall–Kier alpha value is -7.83. The minimum Gasteiger partial charge on any atom is -0.456 e. The molecule has 12 rings (SSSR count). The van der Waals surface area contributed by atoms with Crippen LogP contribution in [0.5, 0.6) is 0 Å².